The lowest BCUT2D eigenvalue weighted by Crippen LogP contribution is -2.40. The third-order valence-corrected chi connectivity index (χ3v) is 4.11. The van der Waals surface area contributed by atoms with Crippen molar-refractivity contribution in [2.45, 2.75) is 33.3 Å². The largest absolute Gasteiger partial charge is 0.490 e. The molecule has 0 spiro atoms. The van der Waals surface area contributed by atoms with Crippen LogP contribution in [0.1, 0.15) is 37.0 Å². The van der Waals surface area contributed by atoms with E-state index >= 15 is 0 Å². The zero-order valence-corrected chi connectivity index (χ0v) is 14.9. The predicted octanol–water partition coefficient (Wildman–Crippen LogP) is 3.10. The van der Waals surface area contributed by atoms with Gasteiger partial charge in [0.2, 0.25) is 0 Å². The van der Waals surface area contributed by atoms with E-state index in [9.17, 15) is 18.4 Å². The Morgan fingerprint density at radius 2 is 1.85 bits per heavy atom. The highest BCUT2D eigenvalue weighted by atomic mass is 19.3. The van der Waals surface area contributed by atoms with Crippen molar-refractivity contribution in [1.82, 2.24) is 4.90 Å². The van der Waals surface area contributed by atoms with Gasteiger partial charge in [0.25, 0.3) is 5.91 Å². The first-order valence-corrected chi connectivity index (χ1v) is 8.63. The fraction of sp³-hybridized carbons (Fsp3) is 0.556. The number of esters is 1. The molecule has 6 nitrogen and oxygen atoms in total. The first-order valence-electron chi connectivity index (χ1n) is 8.63. The average Bonchev–Trinajstić information content (AvgIpc) is 2.63. The maximum absolute atomic E-state index is 12.7. The van der Waals surface area contributed by atoms with Gasteiger partial charge < -0.3 is 19.1 Å². The van der Waals surface area contributed by atoms with Crippen molar-refractivity contribution < 1.29 is 32.6 Å². The lowest BCUT2D eigenvalue weighted by molar-refractivity contribution is -0.149. The van der Waals surface area contributed by atoms with Gasteiger partial charge in [-0.25, -0.2) is 0 Å². The van der Waals surface area contributed by atoms with Crippen LogP contribution in [0.2, 0.25) is 0 Å². The van der Waals surface area contributed by atoms with E-state index in [1.54, 1.807) is 18.7 Å². The molecule has 2 rings (SSSR count). The van der Waals surface area contributed by atoms with Crippen LogP contribution in [0.15, 0.2) is 18.2 Å². The van der Waals surface area contributed by atoms with Gasteiger partial charge in [-0.3, -0.25) is 9.59 Å². The second kappa shape index (κ2) is 9.35. The molecule has 0 aromatic heterocycles. The topological polar surface area (TPSA) is 65.1 Å². The Labute approximate surface area is 151 Å². The van der Waals surface area contributed by atoms with E-state index in [0.717, 1.165) is 0 Å². The first kappa shape index (κ1) is 19.9. The van der Waals surface area contributed by atoms with E-state index in [1.165, 1.54) is 18.2 Å². The lowest BCUT2D eigenvalue weighted by Gasteiger charge is -2.31. The maximum atomic E-state index is 12.7. The van der Waals surface area contributed by atoms with Crippen LogP contribution < -0.4 is 9.47 Å². The van der Waals surface area contributed by atoms with Crippen LogP contribution in [0.5, 0.6) is 11.5 Å². The van der Waals surface area contributed by atoms with E-state index < -0.39 is 6.61 Å². The standard InChI is InChI=1S/C18H23F2NO5/c1-3-24-15-11-13(5-6-14(15)26-18(19)20)16(22)21-9-7-12(8-10-21)17(23)25-4-2/h5-6,11-12,18H,3-4,7-10H2,1-2H3. The van der Waals surface area contributed by atoms with Crippen molar-refractivity contribution in [3.63, 3.8) is 0 Å². The molecule has 144 valence electrons. The number of amides is 1. The number of likely N-dealkylation sites (tertiary alicyclic amines) is 1. The molecule has 0 aliphatic carbocycles. The van der Waals surface area contributed by atoms with Crippen molar-refractivity contribution in [1.29, 1.82) is 0 Å². The minimum atomic E-state index is -2.97. The Balaban J connectivity index is 2.05. The van der Waals surface area contributed by atoms with Gasteiger partial charge in [0.15, 0.2) is 11.5 Å². The molecule has 0 atom stereocenters. The van der Waals surface area contributed by atoms with Gasteiger partial charge in [-0.05, 0) is 44.9 Å². The SMILES string of the molecule is CCOC(=O)C1CCN(C(=O)c2ccc(OC(F)F)c(OCC)c2)CC1. The highest BCUT2D eigenvalue weighted by Gasteiger charge is 2.29. The smallest absolute Gasteiger partial charge is 0.387 e. The van der Waals surface area contributed by atoms with Crippen molar-refractivity contribution >= 4 is 11.9 Å². The third kappa shape index (κ3) is 5.06. The van der Waals surface area contributed by atoms with Gasteiger partial charge in [-0.1, -0.05) is 0 Å². The number of piperidine rings is 1. The molecule has 1 amide bonds. The summed E-state index contributed by atoms with van der Waals surface area (Å²) in [5, 5.41) is 0. The number of alkyl halides is 2. The van der Waals surface area contributed by atoms with Crippen LogP contribution in [0.25, 0.3) is 0 Å². The minimum Gasteiger partial charge on any atom is -0.490 e. The van der Waals surface area contributed by atoms with Crippen molar-refractivity contribution in [3.8, 4) is 11.5 Å². The second-order valence-corrected chi connectivity index (χ2v) is 5.79. The quantitative estimate of drug-likeness (QED) is 0.689. The summed E-state index contributed by atoms with van der Waals surface area (Å²) in [5.41, 5.74) is 0.324. The molecular weight excluding hydrogens is 348 g/mol. The number of carbonyl (C=O) groups excluding carboxylic acids is 2. The number of ether oxygens (including phenoxy) is 3. The highest BCUT2D eigenvalue weighted by Crippen LogP contribution is 2.31. The molecule has 26 heavy (non-hydrogen) atoms. The lowest BCUT2D eigenvalue weighted by atomic mass is 9.96. The van der Waals surface area contributed by atoms with Crippen LogP contribution >= 0.6 is 0 Å². The normalized spacial score (nSPS) is 15.0. The molecule has 8 heteroatoms. The summed E-state index contributed by atoms with van der Waals surface area (Å²) in [6.45, 7) is 1.95. The summed E-state index contributed by atoms with van der Waals surface area (Å²) in [5.74, 6) is -0.678. The van der Waals surface area contributed by atoms with Crippen molar-refractivity contribution in [2.24, 2.45) is 5.92 Å². The number of nitrogens with zero attached hydrogens (tertiary/aromatic N) is 1. The fourth-order valence-corrected chi connectivity index (χ4v) is 2.86. The number of carbonyl (C=O) groups is 2. The fourth-order valence-electron chi connectivity index (χ4n) is 2.86. The Kier molecular flexibility index (Phi) is 7.17. The van der Waals surface area contributed by atoms with Crippen molar-refractivity contribution in [2.75, 3.05) is 26.3 Å². The van der Waals surface area contributed by atoms with Crippen LogP contribution in [-0.2, 0) is 9.53 Å². The number of hydrogen-bond acceptors (Lipinski definition) is 5. The Morgan fingerprint density at radius 1 is 1.15 bits per heavy atom. The molecule has 1 aliphatic rings. The Hall–Kier alpha value is -2.38. The molecule has 1 saturated heterocycles. The summed E-state index contributed by atoms with van der Waals surface area (Å²) in [7, 11) is 0. The van der Waals surface area contributed by atoms with E-state index in [4.69, 9.17) is 9.47 Å². The third-order valence-electron chi connectivity index (χ3n) is 4.11. The molecule has 1 aliphatic heterocycles. The molecule has 0 bridgehead atoms. The molecule has 1 heterocycles. The first-order chi connectivity index (χ1) is 12.5. The zero-order valence-electron chi connectivity index (χ0n) is 14.9. The van der Waals surface area contributed by atoms with Crippen LogP contribution in [0.4, 0.5) is 8.78 Å². The molecule has 0 N–H and O–H groups in total. The molecule has 0 unspecified atom stereocenters. The van der Waals surface area contributed by atoms with Crippen LogP contribution in [0, 0.1) is 5.92 Å². The molecule has 1 fully saturated rings. The summed E-state index contributed by atoms with van der Waals surface area (Å²) >= 11 is 0. The van der Waals surface area contributed by atoms with Gasteiger partial charge in [-0.2, -0.15) is 8.78 Å². The summed E-state index contributed by atoms with van der Waals surface area (Å²) in [4.78, 5) is 26.1. The van der Waals surface area contributed by atoms with E-state index in [0.29, 0.717) is 38.1 Å². The number of benzene rings is 1. The Bertz CT molecular complexity index is 630. The monoisotopic (exact) mass is 371 g/mol. The Morgan fingerprint density at radius 3 is 2.42 bits per heavy atom. The van der Waals surface area contributed by atoms with Gasteiger partial charge in [0, 0.05) is 18.7 Å². The molecule has 1 aromatic rings. The number of hydrogen-bond donors (Lipinski definition) is 0. The molecule has 0 radical (unpaired) electrons. The maximum Gasteiger partial charge on any atom is 0.387 e. The van der Waals surface area contributed by atoms with E-state index in [-0.39, 0.29) is 35.9 Å². The second-order valence-electron chi connectivity index (χ2n) is 5.79. The highest BCUT2D eigenvalue weighted by molar-refractivity contribution is 5.95. The molecule has 0 saturated carbocycles. The van der Waals surface area contributed by atoms with Crippen molar-refractivity contribution in [3.05, 3.63) is 23.8 Å². The average molecular weight is 371 g/mol. The van der Waals surface area contributed by atoms with E-state index in [2.05, 4.69) is 4.74 Å². The summed E-state index contributed by atoms with van der Waals surface area (Å²) < 4.78 is 39.6. The van der Waals surface area contributed by atoms with E-state index in [1.807, 2.05) is 0 Å². The van der Waals surface area contributed by atoms with Gasteiger partial charge in [0.05, 0.1) is 19.1 Å². The van der Waals surface area contributed by atoms with Crippen LogP contribution in [-0.4, -0.2) is 49.7 Å². The number of halogens is 2. The van der Waals surface area contributed by atoms with Gasteiger partial charge in [-0.15, -0.1) is 0 Å². The minimum absolute atomic E-state index is 0.0973. The zero-order chi connectivity index (χ0) is 19.1. The van der Waals surface area contributed by atoms with Crippen LogP contribution in [0.3, 0.4) is 0 Å². The predicted molar refractivity (Wildman–Crippen MR) is 89.5 cm³/mol. The van der Waals surface area contributed by atoms with Gasteiger partial charge in [0.1, 0.15) is 0 Å². The summed E-state index contributed by atoms with van der Waals surface area (Å²) in [6, 6.07) is 4.14. The molecule has 1 aromatic carbocycles. The summed E-state index contributed by atoms with van der Waals surface area (Å²) in [6.07, 6.45) is 1.07. The van der Waals surface area contributed by atoms with Gasteiger partial charge >= 0.3 is 12.6 Å². The number of rotatable bonds is 7. The molecular formula is C18H23F2NO5.